The van der Waals surface area contributed by atoms with E-state index in [1.165, 1.54) is 44.6 Å². The van der Waals surface area contributed by atoms with E-state index in [-0.39, 0.29) is 22.9 Å². The molecule has 3 fully saturated rings. The van der Waals surface area contributed by atoms with Crippen molar-refractivity contribution < 1.29 is 14.3 Å². The molecule has 0 aromatic rings. The number of rotatable bonds is 6. The molecule has 0 radical (unpaired) electrons. The molecular weight excluding hydrogens is 408 g/mol. The number of hydrogen-bond acceptors (Lipinski definition) is 3. The van der Waals surface area contributed by atoms with Gasteiger partial charge in [0.25, 0.3) is 0 Å². The average molecular weight is 457 g/mol. The topological polar surface area (TPSA) is 43.4 Å². The fourth-order valence-corrected chi connectivity index (χ4v) is 8.86. The van der Waals surface area contributed by atoms with Crippen LogP contribution in [-0.2, 0) is 14.3 Å². The summed E-state index contributed by atoms with van der Waals surface area (Å²) in [5.74, 6) is 3.82. The number of ether oxygens (including phenoxy) is 1. The van der Waals surface area contributed by atoms with Gasteiger partial charge < -0.3 is 4.74 Å². The second kappa shape index (κ2) is 9.15. The summed E-state index contributed by atoms with van der Waals surface area (Å²) < 4.78 is 5.64. The van der Waals surface area contributed by atoms with Crippen molar-refractivity contribution in [3.63, 3.8) is 0 Å². The third kappa shape index (κ3) is 4.36. The van der Waals surface area contributed by atoms with Gasteiger partial charge in [-0.05, 0) is 84.9 Å². The van der Waals surface area contributed by atoms with Gasteiger partial charge in [0.1, 0.15) is 6.10 Å². The first-order chi connectivity index (χ1) is 15.5. The van der Waals surface area contributed by atoms with Crippen LogP contribution in [0.1, 0.15) is 113 Å². The first-order valence-corrected chi connectivity index (χ1v) is 13.9. The summed E-state index contributed by atoms with van der Waals surface area (Å²) in [7, 11) is 0. The zero-order chi connectivity index (χ0) is 24.1. The van der Waals surface area contributed by atoms with Gasteiger partial charge in [0, 0.05) is 18.9 Å². The van der Waals surface area contributed by atoms with Crippen LogP contribution in [0.3, 0.4) is 0 Å². The lowest BCUT2D eigenvalue weighted by molar-refractivity contribution is -0.153. The zero-order valence-electron chi connectivity index (χ0n) is 22.3. The highest BCUT2D eigenvalue weighted by Gasteiger charge is 2.59. The Morgan fingerprint density at radius 3 is 2.48 bits per heavy atom. The molecule has 0 bridgehead atoms. The number of ketones is 1. The third-order valence-corrected chi connectivity index (χ3v) is 10.6. The predicted molar refractivity (Wildman–Crippen MR) is 134 cm³/mol. The highest BCUT2D eigenvalue weighted by atomic mass is 16.5. The molecule has 3 nitrogen and oxygen atoms in total. The van der Waals surface area contributed by atoms with E-state index in [4.69, 9.17) is 4.74 Å². The Labute approximate surface area is 202 Å². The van der Waals surface area contributed by atoms with Gasteiger partial charge >= 0.3 is 5.97 Å². The van der Waals surface area contributed by atoms with Crippen molar-refractivity contribution in [2.45, 2.75) is 119 Å². The summed E-state index contributed by atoms with van der Waals surface area (Å²) in [6.07, 6.45) is 11.3. The number of hydrogen-bond donors (Lipinski definition) is 0. The second-order valence-electron chi connectivity index (χ2n) is 13.2. The van der Waals surface area contributed by atoms with Crippen molar-refractivity contribution >= 4 is 11.8 Å². The van der Waals surface area contributed by atoms with E-state index in [1.807, 2.05) is 0 Å². The van der Waals surface area contributed by atoms with Gasteiger partial charge in [0.05, 0.1) is 0 Å². The summed E-state index contributed by atoms with van der Waals surface area (Å²) in [6.45, 7) is 15.9. The van der Waals surface area contributed by atoms with Crippen molar-refractivity contribution in [1.29, 1.82) is 0 Å². The maximum atomic E-state index is 13.6. The molecule has 4 aliphatic carbocycles. The number of Topliss-reactive ketones (excluding diaryl/α,β-unsaturated/α-hetero) is 1. The fourth-order valence-electron chi connectivity index (χ4n) is 8.86. The number of esters is 1. The molecule has 0 N–H and O–H groups in total. The van der Waals surface area contributed by atoms with Crippen LogP contribution in [0.4, 0.5) is 0 Å². The number of fused-ring (bicyclic) bond motifs is 4. The maximum Gasteiger partial charge on any atom is 0.302 e. The van der Waals surface area contributed by atoms with E-state index in [0.29, 0.717) is 35.4 Å². The third-order valence-electron chi connectivity index (χ3n) is 10.6. The minimum Gasteiger partial charge on any atom is -0.463 e. The minimum absolute atomic E-state index is 0.0760. The van der Waals surface area contributed by atoms with E-state index in [2.05, 4.69) is 41.5 Å². The van der Waals surface area contributed by atoms with Crippen molar-refractivity contribution in [1.82, 2.24) is 0 Å². The molecule has 3 saturated carbocycles. The molecule has 186 valence electrons. The molecule has 1 unspecified atom stereocenters. The number of carbonyl (C=O) groups excluding carboxylic acids is 2. The van der Waals surface area contributed by atoms with Gasteiger partial charge in [-0.3, -0.25) is 9.59 Å². The van der Waals surface area contributed by atoms with Crippen LogP contribution in [-0.4, -0.2) is 17.9 Å². The van der Waals surface area contributed by atoms with Gasteiger partial charge in [0.2, 0.25) is 0 Å². The standard InChI is InChI=1S/C30H48O3/c1-18(2)9-8-10-19(3)25-17-26(32)28-27-20(4)15-22-16-23(33-21(5)31)11-13-29(22,6)24(27)12-14-30(25,28)7/h18-20,22-25H,8-17H2,1-7H3/t19-,20-,22+,23?,24+,25-,29+,30-/m1/s1. The molecule has 0 aliphatic heterocycles. The molecule has 0 aromatic carbocycles. The molecule has 0 amide bonds. The monoisotopic (exact) mass is 456 g/mol. The summed E-state index contributed by atoms with van der Waals surface area (Å²) in [4.78, 5) is 25.2. The molecule has 3 heteroatoms. The predicted octanol–water partition coefficient (Wildman–Crippen LogP) is 7.53. The minimum atomic E-state index is -0.145. The van der Waals surface area contributed by atoms with Gasteiger partial charge in [-0.1, -0.05) is 66.4 Å². The Morgan fingerprint density at radius 1 is 1.09 bits per heavy atom. The van der Waals surface area contributed by atoms with Crippen molar-refractivity contribution in [3.8, 4) is 0 Å². The SMILES string of the molecule is CC(=O)OC1CC[C@@]2(C)[C@H](C1)C[C@@H](C)C1=C3C(=O)C[C@H]([C@H](C)CCCC(C)C)[C@@]3(C)CC[C@@H]12. The van der Waals surface area contributed by atoms with E-state index >= 15 is 0 Å². The molecule has 0 aromatic heterocycles. The van der Waals surface area contributed by atoms with Crippen LogP contribution in [0.2, 0.25) is 0 Å². The lowest BCUT2D eigenvalue weighted by Crippen LogP contribution is -2.51. The fraction of sp³-hybridized carbons (Fsp3) is 0.867. The summed E-state index contributed by atoms with van der Waals surface area (Å²) in [6, 6.07) is 0. The largest absolute Gasteiger partial charge is 0.463 e. The van der Waals surface area contributed by atoms with Crippen LogP contribution in [0, 0.1) is 46.3 Å². The van der Waals surface area contributed by atoms with E-state index < -0.39 is 0 Å². The van der Waals surface area contributed by atoms with Gasteiger partial charge in [-0.2, -0.15) is 0 Å². The summed E-state index contributed by atoms with van der Waals surface area (Å²) >= 11 is 0. The number of allylic oxidation sites excluding steroid dienone is 2. The van der Waals surface area contributed by atoms with Crippen molar-refractivity contribution in [2.75, 3.05) is 0 Å². The van der Waals surface area contributed by atoms with E-state index in [0.717, 1.165) is 38.0 Å². The Hall–Kier alpha value is -1.12. The molecule has 8 atom stereocenters. The summed E-state index contributed by atoms with van der Waals surface area (Å²) in [5.41, 5.74) is 3.14. The van der Waals surface area contributed by atoms with Crippen molar-refractivity contribution in [3.05, 3.63) is 11.1 Å². The second-order valence-corrected chi connectivity index (χ2v) is 13.2. The van der Waals surface area contributed by atoms with E-state index in [1.54, 1.807) is 5.57 Å². The lowest BCUT2D eigenvalue weighted by atomic mass is 9.47. The first kappa shape index (κ1) is 25.0. The van der Waals surface area contributed by atoms with Crippen LogP contribution in [0.15, 0.2) is 11.1 Å². The normalized spacial score (nSPS) is 41.5. The van der Waals surface area contributed by atoms with Crippen LogP contribution >= 0.6 is 0 Å². The summed E-state index contributed by atoms with van der Waals surface area (Å²) in [5, 5.41) is 0. The average Bonchev–Trinajstić information content (AvgIpc) is 2.99. The number of carbonyl (C=O) groups is 2. The zero-order valence-corrected chi connectivity index (χ0v) is 22.3. The smallest absolute Gasteiger partial charge is 0.302 e. The van der Waals surface area contributed by atoms with Crippen LogP contribution < -0.4 is 0 Å². The molecule has 4 rings (SSSR count). The lowest BCUT2D eigenvalue weighted by Gasteiger charge is -2.58. The van der Waals surface area contributed by atoms with Crippen LogP contribution in [0.25, 0.3) is 0 Å². The highest BCUT2D eigenvalue weighted by Crippen LogP contribution is 2.66. The molecule has 0 heterocycles. The van der Waals surface area contributed by atoms with Gasteiger partial charge in [0.15, 0.2) is 5.78 Å². The van der Waals surface area contributed by atoms with Crippen molar-refractivity contribution in [2.24, 2.45) is 46.3 Å². The Bertz CT molecular complexity index is 809. The molecule has 4 aliphatic rings. The Kier molecular flexibility index (Phi) is 6.93. The molecular formula is C30H48O3. The van der Waals surface area contributed by atoms with Gasteiger partial charge in [-0.15, -0.1) is 0 Å². The maximum absolute atomic E-state index is 13.6. The first-order valence-electron chi connectivity index (χ1n) is 13.9. The Balaban J connectivity index is 1.60. The Morgan fingerprint density at radius 2 is 1.82 bits per heavy atom. The highest BCUT2D eigenvalue weighted by molar-refractivity contribution is 6.00. The quantitative estimate of drug-likeness (QED) is 0.388. The molecule has 0 saturated heterocycles. The molecule has 33 heavy (non-hydrogen) atoms. The van der Waals surface area contributed by atoms with Crippen LogP contribution in [0.5, 0.6) is 0 Å². The van der Waals surface area contributed by atoms with E-state index in [9.17, 15) is 9.59 Å². The molecule has 0 spiro atoms. The van der Waals surface area contributed by atoms with Gasteiger partial charge in [-0.25, -0.2) is 0 Å².